The van der Waals surface area contributed by atoms with Gasteiger partial charge in [0, 0.05) is 0 Å². The number of hydrogen-bond acceptors (Lipinski definition) is 4. The highest BCUT2D eigenvalue weighted by atomic mass is 35.5. The van der Waals surface area contributed by atoms with Crippen molar-refractivity contribution in [3.8, 4) is 0 Å². The second kappa shape index (κ2) is 4.81. The number of alkyl halides is 3. The first-order valence-corrected chi connectivity index (χ1v) is 5.89. The van der Waals surface area contributed by atoms with Crippen LogP contribution in [0.15, 0.2) is 16.4 Å². The molecule has 0 radical (unpaired) electrons. The van der Waals surface area contributed by atoms with E-state index in [0.717, 1.165) is 16.4 Å². The lowest BCUT2D eigenvalue weighted by atomic mass is 10.5. The third-order valence-corrected chi connectivity index (χ3v) is 3.51. The van der Waals surface area contributed by atoms with E-state index >= 15 is 0 Å². The molecule has 5 nitrogen and oxygen atoms in total. The van der Waals surface area contributed by atoms with E-state index in [2.05, 4.69) is 20.3 Å². The molecule has 0 unspecified atom stereocenters. The summed E-state index contributed by atoms with van der Waals surface area (Å²) in [6.07, 6.45) is -3.07. The molecule has 0 fully saturated rings. The number of halogens is 4. The van der Waals surface area contributed by atoms with E-state index < -0.39 is 12.7 Å². The van der Waals surface area contributed by atoms with Crippen molar-refractivity contribution in [3.63, 3.8) is 0 Å². The predicted octanol–water partition coefficient (Wildman–Crippen LogP) is 2.68. The number of rotatable bonds is 3. The van der Waals surface area contributed by atoms with Gasteiger partial charge in [-0.2, -0.15) is 23.4 Å². The average molecular weight is 298 g/mol. The van der Waals surface area contributed by atoms with Crippen molar-refractivity contribution in [2.45, 2.75) is 29.7 Å². The van der Waals surface area contributed by atoms with E-state index in [9.17, 15) is 13.2 Å². The van der Waals surface area contributed by atoms with Crippen LogP contribution in [0, 0.1) is 6.92 Å². The summed E-state index contributed by atoms with van der Waals surface area (Å²) in [5.41, 5.74) is 0.408. The number of H-pyrrole nitrogens is 1. The largest absolute Gasteiger partial charge is 0.408 e. The minimum absolute atomic E-state index is 0.0637. The van der Waals surface area contributed by atoms with E-state index in [-0.39, 0.29) is 5.15 Å². The van der Waals surface area contributed by atoms with E-state index in [4.69, 9.17) is 11.6 Å². The zero-order valence-electron chi connectivity index (χ0n) is 8.99. The Bertz CT molecular complexity index is 536. The lowest BCUT2D eigenvalue weighted by Gasteiger charge is -2.06. The monoisotopic (exact) mass is 297 g/mol. The summed E-state index contributed by atoms with van der Waals surface area (Å²) in [5.74, 6) is 0. The molecular formula is C8H7ClF3N5S. The standard InChI is InChI=1S/C8H7ClF3N5S/c1-4-5(18-7-13-3-14-15-7)6(9)17(16-4)2-8(10,11)12/h3H,2H2,1H3,(H,13,14,15). The van der Waals surface area contributed by atoms with Gasteiger partial charge in [-0.05, 0) is 18.7 Å². The molecule has 10 heteroatoms. The minimum Gasteiger partial charge on any atom is -0.254 e. The molecule has 2 heterocycles. The normalized spacial score (nSPS) is 12.1. The molecule has 0 bridgehead atoms. The van der Waals surface area contributed by atoms with Crippen molar-refractivity contribution < 1.29 is 13.2 Å². The van der Waals surface area contributed by atoms with Crippen LogP contribution < -0.4 is 0 Å². The first kappa shape index (κ1) is 13.2. The van der Waals surface area contributed by atoms with Gasteiger partial charge in [-0.1, -0.05) is 11.6 Å². The maximum absolute atomic E-state index is 12.3. The number of nitrogens with one attached hydrogen (secondary N) is 1. The Morgan fingerprint density at radius 2 is 2.22 bits per heavy atom. The van der Waals surface area contributed by atoms with Crippen LogP contribution in [0.5, 0.6) is 0 Å². The molecule has 98 valence electrons. The summed E-state index contributed by atoms with van der Waals surface area (Å²) in [6, 6.07) is 0. The van der Waals surface area contributed by atoms with Gasteiger partial charge in [-0.3, -0.25) is 5.10 Å². The summed E-state index contributed by atoms with van der Waals surface area (Å²) in [5, 5.41) is 10.3. The maximum Gasteiger partial charge on any atom is 0.408 e. The van der Waals surface area contributed by atoms with Crippen molar-refractivity contribution in [2.75, 3.05) is 0 Å². The summed E-state index contributed by atoms with van der Waals surface area (Å²) in [6.45, 7) is 0.362. The fraction of sp³-hybridized carbons (Fsp3) is 0.375. The van der Waals surface area contributed by atoms with Crippen LogP contribution in [0.2, 0.25) is 5.15 Å². The molecule has 2 aromatic heterocycles. The third-order valence-electron chi connectivity index (χ3n) is 1.93. The van der Waals surface area contributed by atoms with E-state index in [1.54, 1.807) is 6.92 Å². The highest BCUT2D eigenvalue weighted by molar-refractivity contribution is 7.99. The Labute approximate surface area is 109 Å². The molecule has 0 aliphatic carbocycles. The quantitative estimate of drug-likeness (QED) is 0.946. The molecule has 0 aliphatic rings. The summed E-state index contributed by atoms with van der Waals surface area (Å²) in [7, 11) is 0. The van der Waals surface area contributed by atoms with Crippen molar-refractivity contribution in [1.82, 2.24) is 25.0 Å². The fourth-order valence-electron chi connectivity index (χ4n) is 1.27. The minimum atomic E-state index is -4.36. The first-order chi connectivity index (χ1) is 8.37. The van der Waals surface area contributed by atoms with Crippen molar-refractivity contribution in [3.05, 3.63) is 17.2 Å². The van der Waals surface area contributed by atoms with Gasteiger partial charge in [0.1, 0.15) is 18.0 Å². The van der Waals surface area contributed by atoms with E-state index in [1.807, 2.05) is 0 Å². The van der Waals surface area contributed by atoms with Gasteiger partial charge >= 0.3 is 6.18 Å². The van der Waals surface area contributed by atoms with Crippen LogP contribution in [-0.4, -0.2) is 31.1 Å². The zero-order chi connectivity index (χ0) is 13.3. The lowest BCUT2D eigenvalue weighted by Crippen LogP contribution is -2.18. The zero-order valence-corrected chi connectivity index (χ0v) is 10.6. The molecule has 0 saturated heterocycles. The van der Waals surface area contributed by atoms with Gasteiger partial charge in [0.15, 0.2) is 5.16 Å². The van der Waals surface area contributed by atoms with Gasteiger partial charge in [0.25, 0.3) is 0 Å². The smallest absolute Gasteiger partial charge is 0.254 e. The molecule has 1 N–H and O–H groups in total. The molecule has 18 heavy (non-hydrogen) atoms. The predicted molar refractivity (Wildman–Crippen MR) is 58.5 cm³/mol. The molecule has 0 aliphatic heterocycles. The Morgan fingerprint density at radius 1 is 1.50 bits per heavy atom. The van der Waals surface area contributed by atoms with E-state index in [0.29, 0.717) is 15.7 Å². The van der Waals surface area contributed by atoms with Crippen molar-refractivity contribution in [1.29, 1.82) is 0 Å². The van der Waals surface area contributed by atoms with Gasteiger partial charge in [0.05, 0.1) is 10.6 Å². The molecule has 0 saturated carbocycles. The number of aryl methyl sites for hydroxylation is 1. The van der Waals surface area contributed by atoms with E-state index in [1.165, 1.54) is 6.33 Å². The summed E-state index contributed by atoms with van der Waals surface area (Å²) in [4.78, 5) is 4.28. The molecular weight excluding hydrogens is 291 g/mol. The number of aromatic amines is 1. The molecule has 0 atom stereocenters. The Morgan fingerprint density at radius 3 is 2.78 bits per heavy atom. The van der Waals surface area contributed by atoms with Crippen LogP contribution in [0.4, 0.5) is 13.2 Å². The van der Waals surface area contributed by atoms with Gasteiger partial charge in [0.2, 0.25) is 0 Å². The highest BCUT2D eigenvalue weighted by Gasteiger charge is 2.30. The highest BCUT2D eigenvalue weighted by Crippen LogP contribution is 2.34. The number of nitrogens with zero attached hydrogens (tertiary/aromatic N) is 4. The third kappa shape index (κ3) is 2.96. The lowest BCUT2D eigenvalue weighted by molar-refractivity contribution is -0.142. The number of aromatic nitrogens is 5. The Balaban J connectivity index is 2.26. The number of hydrogen-bond donors (Lipinski definition) is 1. The first-order valence-electron chi connectivity index (χ1n) is 4.69. The molecule has 0 aromatic carbocycles. The Hall–Kier alpha value is -1.22. The van der Waals surface area contributed by atoms with Crippen LogP contribution in [0.25, 0.3) is 0 Å². The molecule has 2 aromatic rings. The fourth-order valence-corrected chi connectivity index (χ4v) is 2.39. The Kier molecular flexibility index (Phi) is 3.53. The van der Waals surface area contributed by atoms with Crippen LogP contribution in [0.3, 0.4) is 0 Å². The SMILES string of the molecule is Cc1nn(CC(F)(F)F)c(Cl)c1Sc1ncn[nH]1. The second-order valence-corrected chi connectivity index (χ2v) is 4.73. The molecule has 0 spiro atoms. The maximum atomic E-state index is 12.3. The van der Waals surface area contributed by atoms with Crippen molar-refractivity contribution >= 4 is 23.4 Å². The average Bonchev–Trinajstić information content (AvgIpc) is 2.81. The van der Waals surface area contributed by atoms with Gasteiger partial charge < -0.3 is 0 Å². The summed E-state index contributed by atoms with van der Waals surface area (Å²) < 4.78 is 37.6. The topological polar surface area (TPSA) is 59.4 Å². The van der Waals surface area contributed by atoms with Crippen LogP contribution in [0.1, 0.15) is 5.69 Å². The van der Waals surface area contributed by atoms with Crippen LogP contribution >= 0.6 is 23.4 Å². The van der Waals surface area contributed by atoms with Gasteiger partial charge in [-0.25, -0.2) is 9.67 Å². The van der Waals surface area contributed by atoms with Crippen molar-refractivity contribution in [2.24, 2.45) is 0 Å². The second-order valence-electron chi connectivity index (χ2n) is 3.37. The summed E-state index contributed by atoms with van der Waals surface area (Å²) >= 11 is 6.95. The van der Waals surface area contributed by atoms with Crippen LogP contribution in [-0.2, 0) is 6.54 Å². The van der Waals surface area contributed by atoms with Gasteiger partial charge in [-0.15, -0.1) is 0 Å². The molecule has 2 rings (SSSR count). The molecule has 0 amide bonds.